The molecule has 0 bridgehead atoms. The molecule has 84 valence electrons. The van der Waals surface area contributed by atoms with Crippen LogP contribution in [-0.2, 0) is 9.47 Å². The molecule has 0 amide bonds. The predicted molar refractivity (Wildman–Crippen MR) is 58.5 cm³/mol. The molecule has 0 unspecified atom stereocenters. The molecule has 0 spiro atoms. The van der Waals surface area contributed by atoms with Crippen LogP contribution in [0.3, 0.4) is 0 Å². The van der Waals surface area contributed by atoms with Gasteiger partial charge in [-0.2, -0.15) is 0 Å². The maximum Gasteiger partial charge on any atom is 0.0598 e. The zero-order chi connectivity index (χ0) is 10.7. The van der Waals surface area contributed by atoms with Gasteiger partial charge in [-0.25, -0.2) is 0 Å². The largest absolute Gasteiger partial charge is 0.382 e. The molecule has 0 aliphatic heterocycles. The topological polar surface area (TPSA) is 18.5 Å². The van der Waals surface area contributed by atoms with Crippen LogP contribution in [0.1, 0.15) is 47.0 Å². The maximum absolute atomic E-state index is 5.83. The van der Waals surface area contributed by atoms with E-state index in [9.17, 15) is 0 Å². The van der Waals surface area contributed by atoms with Gasteiger partial charge < -0.3 is 9.47 Å². The normalized spacial score (nSPS) is 19.7. The van der Waals surface area contributed by atoms with Gasteiger partial charge >= 0.3 is 0 Å². The van der Waals surface area contributed by atoms with Crippen molar-refractivity contribution in [1.29, 1.82) is 0 Å². The lowest BCUT2D eigenvalue weighted by molar-refractivity contribution is -0.0339. The van der Waals surface area contributed by atoms with Gasteiger partial charge in [-0.1, -0.05) is 0 Å². The summed E-state index contributed by atoms with van der Waals surface area (Å²) in [6.07, 6.45) is 3.79. The summed E-state index contributed by atoms with van der Waals surface area (Å²) in [5, 5.41) is 0. The van der Waals surface area contributed by atoms with Crippen LogP contribution >= 0.6 is 0 Å². The standard InChI is InChI=1S/C12H24O2/c1-5-13-9-8-12(6-7-12)10-14-11(2,3)4/h5-10H2,1-4H3. The fourth-order valence-corrected chi connectivity index (χ4v) is 1.45. The van der Waals surface area contributed by atoms with E-state index in [4.69, 9.17) is 9.47 Å². The van der Waals surface area contributed by atoms with E-state index >= 15 is 0 Å². The van der Waals surface area contributed by atoms with Crippen LogP contribution in [0.2, 0.25) is 0 Å². The zero-order valence-electron chi connectivity index (χ0n) is 10.1. The third kappa shape index (κ3) is 4.43. The molecule has 2 heteroatoms. The molecule has 0 saturated heterocycles. The van der Waals surface area contributed by atoms with E-state index < -0.39 is 0 Å². The lowest BCUT2D eigenvalue weighted by atomic mass is 10.0. The highest BCUT2D eigenvalue weighted by Crippen LogP contribution is 2.49. The Labute approximate surface area is 88.0 Å². The van der Waals surface area contributed by atoms with Crippen molar-refractivity contribution >= 4 is 0 Å². The summed E-state index contributed by atoms with van der Waals surface area (Å²) in [6, 6.07) is 0. The smallest absolute Gasteiger partial charge is 0.0598 e. The number of hydrogen-bond donors (Lipinski definition) is 0. The van der Waals surface area contributed by atoms with Gasteiger partial charge in [0, 0.05) is 13.2 Å². The molecule has 0 aromatic heterocycles. The Hall–Kier alpha value is -0.0800. The first kappa shape index (κ1) is 12.0. The molecule has 0 heterocycles. The minimum atomic E-state index is 0.00119. The van der Waals surface area contributed by atoms with Gasteiger partial charge in [0.05, 0.1) is 12.2 Å². The summed E-state index contributed by atoms with van der Waals surface area (Å²) in [5.41, 5.74) is 0.462. The van der Waals surface area contributed by atoms with Crippen LogP contribution < -0.4 is 0 Å². The molecule has 0 atom stereocenters. The summed E-state index contributed by atoms with van der Waals surface area (Å²) in [5.74, 6) is 0. The summed E-state index contributed by atoms with van der Waals surface area (Å²) >= 11 is 0. The first-order chi connectivity index (χ1) is 6.47. The van der Waals surface area contributed by atoms with Gasteiger partial charge in [-0.15, -0.1) is 0 Å². The molecule has 14 heavy (non-hydrogen) atoms. The van der Waals surface area contributed by atoms with Gasteiger partial charge in [0.15, 0.2) is 0 Å². The van der Waals surface area contributed by atoms with Gasteiger partial charge in [-0.05, 0) is 52.4 Å². The van der Waals surface area contributed by atoms with E-state index in [1.807, 2.05) is 6.92 Å². The highest BCUT2D eigenvalue weighted by Gasteiger charge is 2.43. The van der Waals surface area contributed by atoms with E-state index in [1.165, 1.54) is 12.8 Å². The fourth-order valence-electron chi connectivity index (χ4n) is 1.45. The van der Waals surface area contributed by atoms with Crippen LogP contribution in [0.15, 0.2) is 0 Å². The van der Waals surface area contributed by atoms with Crippen molar-refractivity contribution < 1.29 is 9.47 Å². The summed E-state index contributed by atoms with van der Waals surface area (Å²) in [6.45, 7) is 11.0. The van der Waals surface area contributed by atoms with E-state index in [1.54, 1.807) is 0 Å². The Morgan fingerprint density at radius 3 is 2.29 bits per heavy atom. The predicted octanol–water partition coefficient (Wildman–Crippen LogP) is 3.01. The Morgan fingerprint density at radius 1 is 1.21 bits per heavy atom. The van der Waals surface area contributed by atoms with E-state index in [0.29, 0.717) is 5.41 Å². The third-order valence-corrected chi connectivity index (χ3v) is 2.75. The molecular weight excluding hydrogens is 176 g/mol. The maximum atomic E-state index is 5.83. The lowest BCUT2D eigenvalue weighted by Crippen LogP contribution is -2.25. The average Bonchev–Trinajstić information content (AvgIpc) is 2.82. The van der Waals surface area contributed by atoms with Gasteiger partial charge in [0.25, 0.3) is 0 Å². The fraction of sp³-hybridized carbons (Fsp3) is 1.00. The monoisotopic (exact) mass is 200 g/mol. The first-order valence-corrected chi connectivity index (χ1v) is 5.69. The van der Waals surface area contributed by atoms with Crippen molar-refractivity contribution in [3.05, 3.63) is 0 Å². The molecule has 1 aliphatic rings. The molecule has 1 saturated carbocycles. The second-order valence-corrected chi connectivity index (χ2v) is 5.35. The molecule has 0 aromatic rings. The van der Waals surface area contributed by atoms with Crippen LogP contribution in [0, 0.1) is 5.41 Å². The highest BCUT2D eigenvalue weighted by molar-refractivity contribution is 4.93. The van der Waals surface area contributed by atoms with Crippen LogP contribution in [-0.4, -0.2) is 25.4 Å². The van der Waals surface area contributed by atoms with Crippen LogP contribution in [0.25, 0.3) is 0 Å². The molecule has 2 nitrogen and oxygen atoms in total. The van der Waals surface area contributed by atoms with Gasteiger partial charge in [0.2, 0.25) is 0 Å². The summed E-state index contributed by atoms with van der Waals surface area (Å²) in [7, 11) is 0. The molecule has 1 fully saturated rings. The van der Waals surface area contributed by atoms with Crippen molar-refractivity contribution in [3.8, 4) is 0 Å². The molecule has 1 aliphatic carbocycles. The molecule has 1 rings (SSSR count). The van der Waals surface area contributed by atoms with Gasteiger partial charge in [0.1, 0.15) is 0 Å². The first-order valence-electron chi connectivity index (χ1n) is 5.69. The number of rotatable bonds is 6. The quantitative estimate of drug-likeness (QED) is 0.614. The highest BCUT2D eigenvalue weighted by atomic mass is 16.5. The summed E-state index contributed by atoms with van der Waals surface area (Å²) < 4.78 is 11.2. The second kappa shape index (κ2) is 4.63. The van der Waals surface area contributed by atoms with Gasteiger partial charge in [-0.3, -0.25) is 0 Å². The van der Waals surface area contributed by atoms with Crippen molar-refractivity contribution in [3.63, 3.8) is 0 Å². The van der Waals surface area contributed by atoms with Crippen molar-refractivity contribution in [2.24, 2.45) is 5.41 Å². The van der Waals surface area contributed by atoms with E-state index in [2.05, 4.69) is 20.8 Å². The minimum absolute atomic E-state index is 0.00119. The zero-order valence-corrected chi connectivity index (χ0v) is 10.1. The SMILES string of the molecule is CCOCCC1(COC(C)(C)C)CC1. The Kier molecular flexibility index (Phi) is 3.96. The minimum Gasteiger partial charge on any atom is -0.382 e. The van der Waals surface area contributed by atoms with Crippen molar-refractivity contribution in [2.45, 2.75) is 52.6 Å². The molecule has 0 N–H and O–H groups in total. The Balaban J connectivity index is 2.16. The average molecular weight is 200 g/mol. The van der Waals surface area contributed by atoms with Crippen LogP contribution in [0.5, 0.6) is 0 Å². The number of ether oxygens (including phenoxy) is 2. The third-order valence-electron chi connectivity index (χ3n) is 2.75. The summed E-state index contributed by atoms with van der Waals surface area (Å²) in [4.78, 5) is 0. The van der Waals surface area contributed by atoms with Crippen molar-refractivity contribution in [1.82, 2.24) is 0 Å². The molecule has 0 radical (unpaired) electrons. The van der Waals surface area contributed by atoms with Crippen LogP contribution in [0.4, 0.5) is 0 Å². The second-order valence-electron chi connectivity index (χ2n) is 5.35. The number of hydrogen-bond acceptors (Lipinski definition) is 2. The lowest BCUT2D eigenvalue weighted by Gasteiger charge is -2.24. The Bertz CT molecular complexity index is 166. The molecular formula is C12H24O2. The Morgan fingerprint density at radius 2 is 1.86 bits per heavy atom. The van der Waals surface area contributed by atoms with E-state index in [0.717, 1.165) is 26.2 Å². The molecule has 0 aromatic carbocycles. The van der Waals surface area contributed by atoms with Crippen molar-refractivity contribution in [2.75, 3.05) is 19.8 Å². The van der Waals surface area contributed by atoms with E-state index in [-0.39, 0.29) is 5.60 Å².